The Kier molecular flexibility index (Phi) is 4.63. The van der Waals surface area contributed by atoms with Gasteiger partial charge in [0.1, 0.15) is 0 Å². The van der Waals surface area contributed by atoms with Crippen LogP contribution >= 0.6 is 0 Å². The van der Waals surface area contributed by atoms with Crippen LogP contribution in [-0.4, -0.2) is 53.8 Å². The molecular formula is C19H27N3O2. The van der Waals surface area contributed by atoms with Crippen LogP contribution in [0.2, 0.25) is 0 Å². The quantitative estimate of drug-likeness (QED) is 0.922. The number of carbonyl (C=O) groups is 2. The molecule has 2 amide bonds. The van der Waals surface area contributed by atoms with E-state index in [1.54, 1.807) is 0 Å². The molecule has 0 aromatic heterocycles. The van der Waals surface area contributed by atoms with Crippen LogP contribution in [0.4, 0.5) is 0 Å². The Bertz CT molecular complexity index is 616. The Labute approximate surface area is 144 Å². The maximum absolute atomic E-state index is 13.0. The van der Waals surface area contributed by atoms with E-state index in [1.165, 1.54) is 0 Å². The van der Waals surface area contributed by atoms with Crippen molar-refractivity contribution in [2.45, 2.75) is 50.2 Å². The highest BCUT2D eigenvalue weighted by atomic mass is 16.2. The fourth-order valence-electron chi connectivity index (χ4n) is 4.24. The van der Waals surface area contributed by atoms with E-state index in [1.807, 2.05) is 42.1 Å². The first kappa shape index (κ1) is 17.0. The van der Waals surface area contributed by atoms with Gasteiger partial charge in [-0.05, 0) is 45.8 Å². The average molecular weight is 329 g/mol. The summed E-state index contributed by atoms with van der Waals surface area (Å²) >= 11 is 0. The topological polar surface area (TPSA) is 52.7 Å². The Morgan fingerprint density at radius 1 is 1.33 bits per heavy atom. The maximum atomic E-state index is 13.0. The zero-order valence-corrected chi connectivity index (χ0v) is 14.8. The Morgan fingerprint density at radius 2 is 2.04 bits per heavy atom. The van der Waals surface area contributed by atoms with Crippen LogP contribution < -0.4 is 5.32 Å². The normalized spacial score (nSPS) is 30.0. The van der Waals surface area contributed by atoms with Crippen molar-refractivity contribution in [2.75, 3.05) is 20.6 Å². The molecule has 1 aromatic carbocycles. The summed E-state index contributed by atoms with van der Waals surface area (Å²) in [6, 6.07) is 10.3. The largest absolute Gasteiger partial charge is 0.349 e. The van der Waals surface area contributed by atoms with Crippen molar-refractivity contribution in [3.63, 3.8) is 0 Å². The van der Waals surface area contributed by atoms with E-state index >= 15 is 0 Å². The van der Waals surface area contributed by atoms with Gasteiger partial charge >= 0.3 is 0 Å². The van der Waals surface area contributed by atoms with E-state index in [0.717, 1.165) is 24.8 Å². The van der Waals surface area contributed by atoms with Crippen LogP contribution in [0.1, 0.15) is 44.2 Å². The summed E-state index contributed by atoms with van der Waals surface area (Å²) in [5, 5.41) is 3.21. The highest BCUT2D eigenvalue weighted by molar-refractivity contribution is 5.81. The number of amides is 2. The molecule has 1 N–H and O–H groups in total. The van der Waals surface area contributed by atoms with Crippen LogP contribution in [0.3, 0.4) is 0 Å². The Balaban J connectivity index is 1.98. The first-order valence-corrected chi connectivity index (χ1v) is 8.72. The van der Waals surface area contributed by atoms with Crippen molar-refractivity contribution in [1.29, 1.82) is 0 Å². The molecule has 2 heterocycles. The molecular weight excluding hydrogens is 302 g/mol. The molecule has 2 saturated heterocycles. The van der Waals surface area contributed by atoms with Crippen molar-refractivity contribution in [2.24, 2.45) is 0 Å². The van der Waals surface area contributed by atoms with E-state index in [2.05, 4.69) is 24.4 Å². The van der Waals surface area contributed by atoms with Crippen LogP contribution in [0.25, 0.3) is 0 Å². The van der Waals surface area contributed by atoms with E-state index in [4.69, 9.17) is 0 Å². The zero-order valence-electron chi connectivity index (χ0n) is 14.8. The predicted molar refractivity (Wildman–Crippen MR) is 93.4 cm³/mol. The first-order valence-electron chi connectivity index (χ1n) is 8.72. The lowest BCUT2D eigenvalue weighted by atomic mass is 9.88. The molecule has 0 spiro atoms. The van der Waals surface area contributed by atoms with Crippen molar-refractivity contribution < 1.29 is 9.59 Å². The lowest BCUT2D eigenvalue weighted by Crippen LogP contribution is -2.54. The highest BCUT2D eigenvalue weighted by Gasteiger charge is 2.52. The summed E-state index contributed by atoms with van der Waals surface area (Å²) in [6.07, 6.45) is 3.03. The second-order valence-corrected chi connectivity index (χ2v) is 7.54. The predicted octanol–water partition coefficient (Wildman–Crippen LogP) is 1.95. The maximum Gasteiger partial charge on any atom is 0.237 e. The summed E-state index contributed by atoms with van der Waals surface area (Å²) in [5.74, 6) is 0.243. The van der Waals surface area contributed by atoms with E-state index in [0.29, 0.717) is 13.0 Å². The first-order chi connectivity index (χ1) is 11.4. The van der Waals surface area contributed by atoms with Gasteiger partial charge in [0.05, 0.1) is 24.2 Å². The van der Waals surface area contributed by atoms with Crippen LogP contribution in [0, 0.1) is 0 Å². The van der Waals surface area contributed by atoms with Gasteiger partial charge in [0.2, 0.25) is 11.8 Å². The molecule has 3 rings (SSSR count). The molecule has 2 fully saturated rings. The summed E-state index contributed by atoms with van der Waals surface area (Å²) < 4.78 is 0. The molecule has 0 saturated carbocycles. The number of nitrogens with zero attached hydrogens (tertiary/aromatic N) is 2. The second-order valence-electron chi connectivity index (χ2n) is 7.54. The molecule has 130 valence electrons. The fraction of sp³-hybridized carbons (Fsp3) is 0.579. The third-order valence-corrected chi connectivity index (χ3v) is 5.25. The van der Waals surface area contributed by atoms with Gasteiger partial charge in [-0.25, -0.2) is 0 Å². The molecule has 0 bridgehead atoms. The zero-order chi connectivity index (χ0) is 17.3. The number of likely N-dealkylation sites (tertiary alicyclic amines) is 1. The lowest BCUT2D eigenvalue weighted by Gasteiger charge is -2.35. The summed E-state index contributed by atoms with van der Waals surface area (Å²) in [7, 11) is 3.83. The number of benzene rings is 1. The van der Waals surface area contributed by atoms with Gasteiger partial charge in [-0.3, -0.25) is 9.59 Å². The van der Waals surface area contributed by atoms with Gasteiger partial charge < -0.3 is 15.1 Å². The van der Waals surface area contributed by atoms with Gasteiger partial charge in [-0.15, -0.1) is 0 Å². The molecule has 3 atom stereocenters. The number of nitrogens with one attached hydrogen (secondary N) is 1. The summed E-state index contributed by atoms with van der Waals surface area (Å²) in [5.41, 5.74) is 0.795. The van der Waals surface area contributed by atoms with Gasteiger partial charge in [-0.2, -0.15) is 0 Å². The summed E-state index contributed by atoms with van der Waals surface area (Å²) in [4.78, 5) is 29.1. The Hall–Kier alpha value is -1.88. The van der Waals surface area contributed by atoms with Crippen molar-refractivity contribution in [3.8, 4) is 0 Å². The smallest absolute Gasteiger partial charge is 0.237 e. The molecule has 2 aliphatic heterocycles. The van der Waals surface area contributed by atoms with Gasteiger partial charge in [0, 0.05) is 6.42 Å². The van der Waals surface area contributed by atoms with E-state index < -0.39 is 0 Å². The number of likely N-dealkylation sites (N-methyl/N-ethyl adjacent to an activating group) is 1. The third-order valence-electron chi connectivity index (χ3n) is 5.25. The second kappa shape index (κ2) is 6.55. The van der Waals surface area contributed by atoms with E-state index in [9.17, 15) is 9.59 Å². The van der Waals surface area contributed by atoms with Crippen molar-refractivity contribution >= 4 is 11.8 Å². The van der Waals surface area contributed by atoms with Crippen LogP contribution in [0.5, 0.6) is 0 Å². The Morgan fingerprint density at radius 3 is 2.71 bits per heavy atom. The highest BCUT2D eigenvalue weighted by Crippen LogP contribution is 2.45. The fourth-order valence-corrected chi connectivity index (χ4v) is 4.24. The number of rotatable bonds is 3. The summed E-state index contributed by atoms with van der Waals surface area (Å²) in [6.45, 7) is 2.49. The minimum Gasteiger partial charge on any atom is -0.349 e. The number of hydrogen-bond donors (Lipinski definition) is 1. The number of fused-ring (bicyclic) bond motifs is 1. The molecule has 1 aromatic rings. The molecule has 0 radical (unpaired) electrons. The third kappa shape index (κ3) is 3.18. The average Bonchev–Trinajstić information content (AvgIpc) is 2.72. The standard InChI is InChI=1S/C19H27N3O2/c1-19-12-15(14-8-5-4-6-9-14)22(18(24)13-21(2)3)16(19)10-7-11-17(23)20-19/h4-6,8-9,15-16H,7,10-13H2,1-3H3,(H,20,23)/t15-,16-,19-/m0/s1. The lowest BCUT2D eigenvalue weighted by molar-refractivity contribution is -0.135. The monoisotopic (exact) mass is 329 g/mol. The molecule has 0 aliphatic carbocycles. The molecule has 5 nitrogen and oxygen atoms in total. The minimum absolute atomic E-state index is 0.0204. The van der Waals surface area contributed by atoms with Crippen molar-refractivity contribution in [3.05, 3.63) is 35.9 Å². The van der Waals surface area contributed by atoms with Crippen molar-refractivity contribution in [1.82, 2.24) is 15.1 Å². The minimum atomic E-state index is -0.351. The van der Waals surface area contributed by atoms with Crippen LogP contribution in [-0.2, 0) is 9.59 Å². The SMILES string of the molecule is CN(C)CC(=O)N1[C@H]2CCCC(=O)N[C@@]2(C)C[C@H]1c1ccccc1. The van der Waals surface area contributed by atoms with Gasteiger partial charge in [0.15, 0.2) is 0 Å². The number of carbonyl (C=O) groups excluding carboxylic acids is 2. The van der Waals surface area contributed by atoms with E-state index in [-0.39, 0.29) is 29.4 Å². The van der Waals surface area contributed by atoms with Gasteiger partial charge in [-0.1, -0.05) is 30.3 Å². The molecule has 2 aliphatic rings. The molecule has 0 unspecified atom stereocenters. The molecule has 24 heavy (non-hydrogen) atoms. The molecule has 5 heteroatoms. The van der Waals surface area contributed by atoms with Gasteiger partial charge in [0.25, 0.3) is 0 Å². The van der Waals surface area contributed by atoms with Crippen LogP contribution in [0.15, 0.2) is 30.3 Å². The number of hydrogen-bond acceptors (Lipinski definition) is 3.